The van der Waals surface area contributed by atoms with Crippen molar-refractivity contribution in [3.8, 4) is 6.07 Å². The fraction of sp³-hybridized carbons (Fsp3) is 0.688. The van der Waals surface area contributed by atoms with Crippen molar-refractivity contribution in [1.82, 2.24) is 9.88 Å². The molecule has 1 N–H and O–H groups in total. The first kappa shape index (κ1) is 15.3. The number of urea groups is 1. The van der Waals surface area contributed by atoms with Crippen molar-refractivity contribution in [1.29, 1.82) is 5.26 Å². The van der Waals surface area contributed by atoms with Gasteiger partial charge in [-0.1, -0.05) is 19.3 Å². The number of likely N-dealkylation sites (tertiary alicyclic amines) is 1. The highest BCUT2D eigenvalue weighted by atomic mass is 32.1. The summed E-state index contributed by atoms with van der Waals surface area (Å²) in [6.07, 6.45) is 9.83. The SMILES string of the molecule is N#CC[C@H]1CCN(C(=O)Nc2ncc(C3CCCCC3)s2)C1. The maximum atomic E-state index is 12.2. The number of anilines is 1. The van der Waals surface area contributed by atoms with Crippen molar-refractivity contribution in [3.63, 3.8) is 0 Å². The van der Waals surface area contributed by atoms with Crippen LogP contribution in [0.3, 0.4) is 0 Å². The van der Waals surface area contributed by atoms with Crippen LogP contribution in [0.5, 0.6) is 0 Å². The van der Waals surface area contributed by atoms with Crippen LogP contribution in [0.15, 0.2) is 6.20 Å². The molecule has 1 aromatic heterocycles. The molecule has 0 aromatic carbocycles. The maximum Gasteiger partial charge on any atom is 0.323 e. The highest BCUT2D eigenvalue weighted by molar-refractivity contribution is 7.15. The lowest BCUT2D eigenvalue weighted by Crippen LogP contribution is -2.32. The summed E-state index contributed by atoms with van der Waals surface area (Å²) in [5.41, 5.74) is 0. The van der Waals surface area contributed by atoms with Gasteiger partial charge in [0.2, 0.25) is 0 Å². The van der Waals surface area contributed by atoms with E-state index in [0.29, 0.717) is 29.9 Å². The predicted molar refractivity (Wildman–Crippen MR) is 86.9 cm³/mol. The number of carbonyl (C=O) groups is 1. The molecule has 5 nitrogen and oxygen atoms in total. The van der Waals surface area contributed by atoms with Gasteiger partial charge in [-0.25, -0.2) is 9.78 Å². The molecule has 0 spiro atoms. The maximum absolute atomic E-state index is 12.2. The Morgan fingerprint density at radius 1 is 1.41 bits per heavy atom. The molecule has 22 heavy (non-hydrogen) atoms. The van der Waals surface area contributed by atoms with Crippen molar-refractivity contribution in [2.45, 2.75) is 50.9 Å². The van der Waals surface area contributed by atoms with Gasteiger partial charge in [-0.05, 0) is 31.1 Å². The van der Waals surface area contributed by atoms with Crippen LogP contribution >= 0.6 is 11.3 Å². The van der Waals surface area contributed by atoms with Crippen LogP contribution in [0.25, 0.3) is 0 Å². The summed E-state index contributed by atoms with van der Waals surface area (Å²) in [5.74, 6) is 0.952. The molecule has 1 aliphatic heterocycles. The molecule has 0 radical (unpaired) electrons. The fourth-order valence-corrected chi connectivity index (χ4v) is 4.38. The molecule has 0 bridgehead atoms. The van der Waals surface area contributed by atoms with Crippen LogP contribution in [0, 0.1) is 17.2 Å². The Kier molecular flexibility index (Phi) is 4.94. The van der Waals surface area contributed by atoms with E-state index >= 15 is 0 Å². The monoisotopic (exact) mass is 318 g/mol. The first-order chi connectivity index (χ1) is 10.8. The van der Waals surface area contributed by atoms with Crippen molar-refractivity contribution in [3.05, 3.63) is 11.1 Å². The summed E-state index contributed by atoms with van der Waals surface area (Å²) in [7, 11) is 0. The second-order valence-corrected chi connectivity index (χ2v) is 7.36. The summed E-state index contributed by atoms with van der Waals surface area (Å²) in [6.45, 7) is 1.42. The van der Waals surface area contributed by atoms with Crippen LogP contribution in [0.1, 0.15) is 55.7 Å². The van der Waals surface area contributed by atoms with Gasteiger partial charge in [0, 0.05) is 30.6 Å². The zero-order valence-electron chi connectivity index (χ0n) is 12.8. The fourth-order valence-electron chi connectivity index (χ4n) is 3.40. The summed E-state index contributed by atoms with van der Waals surface area (Å²) in [4.78, 5) is 19.7. The lowest BCUT2D eigenvalue weighted by Gasteiger charge is -2.19. The number of nitrogens with zero attached hydrogens (tertiary/aromatic N) is 3. The van der Waals surface area contributed by atoms with E-state index < -0.39 is 0 Å². The van der Waals surface area contributed by atoms with Crippen molar-refractivity contribution in [2.24, 2.45) is 5.92 Å². The third-order valence-electron chi connectivity index (χ3n) is 4.70. The van der Waals surface area contributed by atoms with Gasteiger partial charge in [-0.15, -0.1) is 11.3 Å². The smallest absolute Gasteiger partial charge is 0.323 e. The number of rotatable bonds is 3. The van der Waals surface area contributed by atoms with Crippen LogP contribution < -0.4 is 5.32 Å². The Bertz CT molecular complexity index is 559. The molecule has 1 aromatic rings. The Balaban J connectivity index is 1.54. The summed E-state index contributed by atoms with van der Waals surface area (Å²) in [5, 5.41) is 12.4. The Labute approximate surface area is 135 Å². The normalized spacial score (nSPS) is 22.5. The highest BCUT2D eigenvalue weighted by Gasteiger charge is 2.26. The number of amides is 2. The van der Waals surface area contributed by atoms with Gasteiger partial charge in [0.1, 0.15) is 0 Å². The van der Waals surface area contributed by atoms with Crippen LogP contribution in [-0.2, 0) is 0 Å². The molecule has 2 amide bonds. The van der Waals surface area contributed by atoms with Crippen molar-refractivity contribution < 1.29 is 4.79 Å². The zero-order chi connectivity index (χ0) is 15.4. The first-order valence-electron chi connectivity index (χ1n) is 8.15. The van der Waals surface area contributed by atoms with E-state index in [0.717, 1.165) is 13.0 Å². The molecule has 0 unspecified atom stereocenters. The van der Waals surface area contributed by atoms with E-state index in [-0.39, 0.29) is 6.03 Å². The van der Waals surface area contributed by atoms with E-state index in [4.69, 9.17) is 5.26 Å². The van der Waals surface area contributed by atoms with E-state index in [1.165, 1.54) is 37.0 Å². The molecular weight excluding hydrogens is 296 g/mol. The highest BCUT2D eigenvalue weighted by Crippen LogP contribution is 2.36. The molecule has 1 atom stereocenters. The minimum absolute atomic E-state index is 0.0787. The van der Waals surface area contributed by atoms with Crippen molar-refractivity contribution in [2.75, 3.05) is 18.4 Å². The van der Waals surface area contributed by atoms with Gasteiger partial charge in [-0.3, -0.25) is 5.32 Å². The standard InChI is InChI=1S/C16H22N4OS/c17-8-6-12-7-9-20(11-12)16(21)19-15-18-10-14(22-15)13-4-2-1-3-5-13/h10,12-13H,1-7,9,11H2,(H,18,19,21)/t12-/m0/s1. The molecule has 2 heterocycles. The Morgan fingerprint density at radius 2 is 2.23 bits per heavy atom. The van der Waals surface area contributed by atoms with E-state index in [9.17, 15) is 4.79 Å². The number of nitrogens with one attached hydrogen (secondary N) is 1. The van der Waals surface area contributed by atoms with Gasteiger partial charge >= 0.3 is 6.03 Å². The van der Waals surface area contributed by atoms with Gasteiger partial charge in [0.05, 0.1) is 6.07 Å². The number of hydrogen-bond donors (Lipinski definition) is 1. The molecule has 3 rings (SSSR count). The Morgan fingerprint density at radius 3 is 3.00 bits per heavy atom. The number of nitriles is 1. The van der Waals surface area contributed by atoms with Gasteiger partial charge in [0.15, 0.2) is 5.13 Å². The second kappa shape index (κ2) is 7.10. The largest absolute Gasteiger partial charge is 0.324 e. The van der Waals surface area contributed by atoms with E-state index in [2.05, 4.69) is 16.4 Å². The average molecular weight is 318 g/mol. The Hall–Kier alpha value is -1.61. The molecule has 6 heteroatoms. The molecule has 1 saturated carbocycles. The molecular formula is C16H22N4OS. The minimum atomic E-state index is -0.0787. The lowest BCUT2D eigenvalue weighted by atomic mass is 9.89. The number of thiazole rings is 1. The molecule has 1 aliphatic carbocycles. The summed E-state index contributed by atoms with van der Waals surface area (Å²) >= 11 is 1.62. The molecule has 1 saturated heterocycles. The third-order valence-corrected chi connectivity index (χ3v) is 5.77. The summed E-state index contributed by atoms with van der Waals surface area (Å²) in [6, 6.07) is 2.11. The quantitative estimate of drug-likeness (QED) is 0.917. The van der Waals surface area contributed by atoms with Crippen LogP contribution in [0.4, 0.5) is 9.93 Å². The molecule has 2 aliphatic rings. The first-order valence-corrected chi connectivity index (χ1v) is 8.96. The van der Waals surface area contributed by atoms with Crippen LogP contribution in [0.2, 0.25) is 0 Å². The zero-order valence-corrected chi connectivity index (χ0v) is 13.6. The topological polar surface area (TPSA) is 69.0 Å². The predicted octanol–water partition coefficient (Wildman–Crippen LogP) is 3.96. The molecule has 2 fully saturated rings. The van der Waals surface area contributed by atoms with E-state index in [1.54, 1.807) is 16.2 Å². The average Bonchev–Trinajstić information content (AvgIpc) is 3.18. The van der Waals surface area contributed by atoms with Gasteiger partial charge in [-0.2, -0.15) is 5.26 Å². The number of carbonyl (C=O) groups excluding carboxylic acids is 1. The van der Waals surface area contributed by atoms with Gasteiger partial charge < -0.3 is 4.90 Å². The minimum Gasteiger partial charge on any atom is -0.324 e. The number of aromatic nitrogens is 1. The summed E-state index contributed by atoms with van der Waals surface area (Å²) < 4.78 is 0. The van der Waals surface area contributed by atoms with Crippen LogP contribution in [-0.4, -0.2) is 29.0 Å². The lowest BCUT2D eigenvalue weighted by molar-refractivity contribution is 0.221. The molecule has 118 valence electrons. The third kappa shape index (κ3) is 3.58. The number of hydrogen-bond acceptors (Lipinski definition) is 4. The van der Waals surface area contributed by atoms with E-state index in [1.807, 2.05) is 6.20 Å². The van der Waals surface area contributed by atoms with Crippen molar-refractivity contribution >= 4 is 22.5 Å². The second-order valence-electron chi connectivity index (χ2n) is 6.30. The van der Waals surface area contributed by atoms with Gasteiger partial charge in [0.25, 0.3) is 0 Å².